The number of aromatic nitrogens is 2. The molecule has 1 saturated heterocycles. The Balaban J connectivity index is 1.10. The topological polar surface area (TPSA) is 61.4 Å². The lowest BCUT2D eigenvalue weighted by Gasteiger charge is -2.34. The normalized spacial score (nSPS) is 14.2. The van der Waals surface area contributed by atoms with Crippen LogP contribution >= 0.6 is 23.1 Å². The zero-order valence-corrected chi connectivity index (χ0v) is 22.2. The van der Waals surface area contributed by atoms with Gasteiger partial charge in [-0.15, -0.1) is 0 Å². The molecule has 0 atom stereocenters. The third-order valence-corrected chi connectivity index (χ3v) is 7.70. The molecular weight excluding hydrogens is 502 g/mol. The molecule has 0 aliphatic carbocycles. The fraction of sp³-hybridized carbons (Fsp3) is 0.276. The van der Waals surface area contributed by atoms with Crippen molar-refractivity contribution in [3.63, 3.8) is 0 Å². The highest BCUT2D eigenvalue weighted by Gasteiger charge is 2.23. The minimum absolute atomic E-state index is 0.0399. The molecule has 0 bridgehead atoms. The van der Waals surface area contributed by atoms with E-state index in [0.717, 1.165) is 65.4 Å². The Morgan fingerprint density at radius 2 is 1.51 bits per heavy atom. The predicted octanol–water partition coefficient (Wildman–Crippen LogP) is 4.85. The largest absolute Gasteiger partial charge is 0.354 e. The number of hydrogen-bond donors (Lipinski definition) is 1. The summed E-state index contributed by atoms with van der Waals surface area (Å²) in [5.74, 6) is 0.579. The van der Waals surface area contributed by atoms with Crippen LogP contribution < -0.4 is 10.2 Å². The summed E-state index contributed by atoms with van der Waals surface area (Å²) >= 11 is 7.45. The zero-order chi connectivity index (χ0) is 25.5. The van der Waals surface area contributed by atoms with Gasteiger partial charge in [-0.1, -0.05) is 84.4 Å². The fourth-order valence-corrected chi connectivity index (χ4v) is 5.48. The van der Waals surface area contributed by atoms with Gasteiger partial charge in [0.15, 0.2) is 0 Å². The van der Waals surface area contributed by atoms with Crippen molar-refractivity contribution >= 4 is 34.2 Å². The van der Waals surface area contributed by atoms with Crippen LogP contribution in [0.2, 0.25) is 5.02 Å². The molecule has 1 aliphatic heterocycles. The highest BCUT2D eigenvalue weighted by Crippen LogP contribution is 2.25. The van der Waals surface area contributed by atoms with Crippen molar-refractivity contribution in [3.8, 4) is 0 Å². The quantitative estimate of drug-likeness (QED) is 0.334. The summed E-state index contributed by atoms with van der Waals surface area (Å²) in [6, 6.07) is 27.8. The Bertz CT molecular complexity index is 1240. The van der Waals surface area contributed by atoms with Gasteiger partial charge >= 0.3 is 0 Å². The molecule has 2 heterocycles. The van der Waals surface area contributed by atoms with E-state index in [1.807, 2.05) is 84.9 Å². The Hall–Kier alpha value is -3.26. The number of anilines is 1. The van der Waals surface area contributed by atoms with Gasteiger partial charge in [-0.3, -0.25) is 9.69 Å². The molecule has 1 aromatic heterocycles. The van der Waals surface area contributed by atoms with Gasteiger partial charge in [-0.25, -0.2) is 4.98 Å². The number of carbonyl (C=O) groups excluding carboxylic acids is 1. The molecule has 1 fully saturated rings. The van der Waals surface area contributed by atoms with Crippen LogP contribution in [-0.2, 0) is 11.2 Å². The summed E-state index contributed by atoms with van der Waals surface area (Å²) in [6.07, 6.45) is 0.709. The van der Waals surface area contributed by atoms with Gasteiger partial charge in [0.2, 0.25) is 11.0 Å². The van der Waals surface area contributed by atoms with Crippen LogP contribution in [0, 0.1) is 0 Å². The monoisotopic (exact) mass is 531 g/mol. The third-order valence-electron chi connectivity index (χ3n) is 6.63. The van der Waals surface area contributed by atoms with Crippen molar-refractivity contribution in [3.05, 3.63) is 112 Å². The lowest BCUT2D eigenvalue weighted by molar-refractivity contribution is -0.121. The number of rotatable bonds is 9. The number of carbonyl (C=O) groups is 1. The van der Waals surface area contributed by atoms with E-state index in [1.54, 1.807) is 0 Å². The summed E-state index contributed by atoms with van der Waals surface area (Å²) in [4.78, 5) is 22.7. The average molecular weight is 532 g/mol. The van der Waals surface area contributed by atoms with Crippen molar-refractivity contribution in [2.45, 2.75) is 12.3 Å². The molecule has 0 spiro atoms. The maximum atomic E-state index is 13.2. The number of piperazine rings is 1. The molecule has 0 unspecified atom stereocenters. The maximum Gasteiger partial charge on any atom is 0.232 e. The molecule has 0 radical (unpaired) electrons. The molecular formula is C29H30ClN5OS. The lowest BCUT2D eigenvalue weighted by Crippen LogP contribution is -2.48. The number of nitrogens with one attached hydrogen (secondary N) is 1. The minimum atomic E-state index is -0.307. The molecule has 1 aliphatic rings. The highest BCUT2D eigenvalue weighted by atomic mass is 35.5. The Morgan fingerprint density at radius 3 is 2.14 bits per heavy atom. The second kappa shape index (κ2) is 12.3. The fourth-order valence-electron chi connectivity index (χ4n) is 4.62. The molecule has 1 amide bonds. The Labute approximate surface area is 227 Å². The van der Waals surface area contributed by atoms with Crippen molar-refractivity contribution in [2.75, 3.05) is 44.2 Å². The van der Waals surface area contributed by atoms with Crippen LogP contribution in [0.25, 0.3) is 0 Å². The molecule has 4 aromatic rings. The van der Waals surface area contributed by atoms with Gasteiger partial charge in [0.05, 0.1) is 5.92 Å². The third kappa shape index (κ3) is 6.74. The molecule has 5 rings (SSSR count). The van der Waals surface area contributed by atoms with E-state index in [4.69, 9.17) is 16.6 Å². The summed E-state index contributed by atoms with van der Waals surface area (Å²) in [6.45, 7) is 5.12. The van der Waals surface area contributed by atoms with E-state index in [9.17, 15) is 4.79 Å². The van der Waals surface area contributed by atoms with Gasteiger partial charge in [0.1, 0.15) is 5.82 Å². The molecule has 8 heteroatoms. The molecule has 1 N–H and O–H groups in total. The summed E-state index contributed by atoms with van der Waals surface area (Å²) in [5, 5.41) is 4.89. The summed E-state index contributed by atoms with van der Waals surface area (Å²) in [5.41, 5.74) is 3.17. The average Bonchev–Trinajstić information content (AvgIpc) is 3.40. The van der Waals surface area contributed by atoms with Gasteiger partial charge < -0.3 is 10.2 Å². The van der Waals surface area contributed by atoms with Crippen molar-refractivity contribution in [1.29, 1.82) is 0 Å². The highest BCUT2D eigenvalue weighted by molar-refractivity contribution is 7.09. The smallest absolute Gasteiger partial charge is 0.232 e. The lowest BCUT2D eigenvalue weighted by atomic mass is 9.90. The second-order valence-corrected chi connectivity index (χ2v) is 10.3. The van der Waals surface area contributed by atoms with Crippen LogP contribution in [0.1, 0.15) is 28.4 Å². The molecule has 190 valence electrons. The zero-order valence-electron chi connectivity index (χ0n) is 20.6. The van der Waals surface area contributed by atoms with Gasteiger partial charge in [0.25, 0.3) is 0 Å². The number of benzene rings is 3. The van der Waals surface area contributed by atoms with Crippen LogP contribution in [0.5, 0.6) is 0 Å². The molecule has 37 heavy (non-hydrogen) atoms. The summed E-state index contributed by atoms with van der Waals surface area (Å²) < 4.78 is 4.56. The minimum Gasteiger partial charge on any atom is -0.354 e. The molecule has 6 nitrogen and oxygen atoms in total. The molecule has 3 aromatic carbocycles. The van der Waals surface area contributed by atoms with E-state index in [-0.39, 0.29) is 11.8 Å². The SMILES string of the molecule is O=C(NCCN1CCN(c2nc(Cc3ccc(Cl)cc3)ns2)CC1)C(c1ccccc1)c1ccccc1. The first-order valence-corrected chi connectivity index (χ1v) is 13.7. The van der Waals surface area contributed by atoms with E-state index >= 15 is 0 Å². The first kappa shape index (κ1) is 25.4. The first-order chi connectivity index (χ1) is 18.2. The van der Waals surface area contributed by atoms with Gasteiger partial charge in [-0.05, 0) is 28.8 Å². The number of halogens is 1. The Kier molecular flexibility index (Phi) is 8.46. The van der Waals surface area contributed by atoms with Crippen molar-refractivity contribution < 1.29 is 4.79 Å². The van der Waals surface area contributed by atoms with Gasteiger partial charge in [0, 0.05) is 62.2 Å². The van der Waals surface area contributed by atoms with Crippen LogP contribution in [0.15, 0.2) is 84.9 Å². The van der Waals surface area contributed by atoms with E-state index < -0.39 is 0 Å². The van der Waals surface area contributed by atoms with E-state index in [2.05, 4.69) is 19.5 Å². The predicted molar refractivity (Wildman–Crippen MR) is 151 cm³/mol. The van der Waals surface area contributed by atoms with Crippen LogP contribution in [0.4, 0.5) is 5.13 Å². The van der Waals surface area contributed by atoms with Gasteiger partial charge in [-0.2, -0.15) is 4.37 Å². The maximum absolute atomic E-state index is 13.2. The van der Waals surface area contributed by atoms with Crippen LogP contribution in [-0.4, -0.2) is 59.4 Å². The Morgan fingerprint density at radius 1 is 0.892 bits per heavy atom. The number of amides is 1. The number of hydrogen-bond acceptors (Lipinski definition) is 6. The van der Waals surface area contributed by atoms with Crippen LogP contribution in [0.3, 0.4) is 0 Å². The van der Waals surface area contributed by atoms with Crippen molar-refractivity contribution in [2.24, 2.45) is 0 Å². The molecule has 0 saturated carbocycles. The first-order valence-electron chi connectivity index (χ1n) is 12.6. The van der Waals surface area contributed by atoms with E-state index in [1.165, 1.54) is 11.5 Å². The second-order valence-electron chi connectivity index (χ2n) is 9.17. The summed E-state index contributed by atoms with van der Waals surface area (Å²) in [7, 11) is 0. The number of nitrogens with zero attached hydrogens (tertiary/aromatic N) is 4. The van der Waals surface area contributed by atoms with E-state index in [0.29, 0.717) is 13.0 Å². The standard InChI is InChI=1S/C29H30ClN5OS/c30-25-13-11-22(12-14-25)21-26-32-29(37-33-26)35-19-17-34(18-20-35)16-15-31-28(36)27(23-7-3-1-4-8-23)24-9-5-2-6-10-24/h1-14,27H,15-21H2,(H,31,36). The van der Waals surface area contributed by atoms with Crippen molar-refractivity contribution in [1.82, 2.24) is 19.6 Å².